The van der Waals surface area contributed by atoms with Crippen LogP contribution in [0, 0.1) is 25.2 Å². The van der Waals surface area contributed by atoms with E-state index < -0.39 is 0 Å². The normalized spacial score (nSPS) is 11.0. The van der Waals surface area contributed by atoms with Crippen LogP contribution in [0.25, 0.3) is 28.1 Å². The number of allylic oxidation sites excluding steroid dienone is 1. The Bertz CT molecular complexity index is 945. The molecule has 1 aromatic heterocycles. The summed E-state index contributed by atoms with van der Waals surface area (Å²) in [6, 6.07) is 12.2. The van der Waals surface area contributed by atoms with Gasteiger partial charge in [-0.3, -0.25) is 0 Å². The van der Waals surface area contributed by atoms with Gasteiger partial charge in [0.25, 0.3) is 0 Å². The van der Waals surface area contributed by atoms with E-state index in [2.05, 4.69) is 35.9 Å². The molecule has 4 heteroatoms. The Hall–Kier alpha value is -2.70. The first-order valence-electron chi connectivity index (χ1n) is 7.19. The Morgan fingerprint density at radius 1 is 1.17 bits per heavy atom. The van der Waals surface area contributed by atoms with Crippen molar-refractivity contribution in [3.8, 4) is 17.2 Å². The molecule has 2 aromatic carbocycles. The molecule has 0 unspecified atom stereocenters. The van der Waals surface area contributed by atoms with Crippen molar-refractivity contribution in [2.24, 2.45) is 0 Å². The van der Waals surface area contributed by atoms with Crippen LogP contribution in [0.3, 0.4) is 0 Å². The summed E-state index contributed by atoms with van der Waals surface area (Å²) in [5.74, 6) is 0. The zero-order valence-electron chi connectivity index (χ0n) is 12.8. The Balaban J connectivity index is 2.26. The van der Waals surface area contributed by atoms with Gasteiger partial charge in [0.05, 0.1) is 11.6 Å². The van der Waals surface area contributed by atoms with Crippen LogP contribution < -0.4 is 0 Å². The lowest BCUT2D eigenvalue weighted by atomic mass is 9.92. The van der Waals surface area contributed by atoms with Crippen molar-refractivity contribution < 1.29 is 0 Å². The SMILES string of the molecule is Cc1cc(C=CC#N)cc(C)c1-c1cccc2cnc(Cl)nc12. The molecular weight excluding hydrogens is 306 g/mol. The van der Waals surface area contributed by atoms with Crippen molar-refractivity contribution in [1.29, 1.82) is 5.26 Å². The number of nitriles is 1. The van der Waals surface area contributed by atoms with Crippen molar-refractivity contribution in [1.82, 2.24) is 9.97 Å². The van der Waals surface area contributed by atoms with Gasteiger partial charge in [-0.15, -0.1) is 0 Å². The second-order valence-electron chi connectivity index (χ2n) is 5.37. The minimum atomic E-state index is 0.244. The van der Waals surface area contributed by atoms with Crippen LogP contribution in [0.4, 0.5) is 0 Å². The zero-order valence-corrected chi connectivity index (χ0v) is 13.6. The average molecular weight is 320 g/mol. The molecular formula is C19H14ClN3. The molecule has 0 fully saturated rings. The van der Waals surface area contributed by atoms with Gasteiger partial charge in [0.15, 0.2) is 0 Å². The molecule has 0 N–H and O–H groups in total. The molecule has 0 atom stereocenters. The minimum Gasteiger partial charge on any atom is -0.226 e. The van der Waals surface area contributed by atoms with Crippen LogP contribution in [-0.4, -0.2) is 9.97 Å². The fourth-order valence-corrected chi connectivity index (χ4v) is 3.02. The summed E-state index contributed by atoms with van der Waals surface area (Å²) in [7, 11) is 0. The van der Waals surface area contributed by atoms with Crippen LogP contribution >= 0.6 is 11.6 Å². The van der Waals surface area contributed by atoms with E-state index in [1.54, 1.807) is 6.20 Å². The van der Waals surface area contributed by atoms with Crippen molar-refractivity contribution in [3.05, 3.63) is 64.6 Å². The van der Waals surface area contributed by atoms with E-state index in [-0.39, 0.29) is 5.28 Å². The molecule has 3 aromatic rings. The third-order valence-corrected chi connectivity index (χ3v) is 3.94. The summed E-state index contributed by atoms with van der Waals surface area (Å²) in [5.41, 5.74) is 6.30. The molecule has 0 saturated carbocycles. The van der Waals surface area contributed by atoms with E-state index in [0.717, 1.165) is 38.7 Å². The zero-order chi connectivity index (χ0) is 16.4. The van der Waals surface area contributed by atoms with Crippen LogP contribution in [0.15, 0.2) is 42.6 Å². The number of benzene rings is 2. The van der Waals surface area contributed by atoms with Gasteiger partial charge < -0.3 is 0 Å². The van der Waals surface area contributed by atoms with E-state index >= 15 is 0 Å². The number of fused-ring (bicyclic) bond motifs is 1. The highest BCUT2D eigenvalue weighted by molar-refractivity contribution is 6.28. The first-order valence-corrected chi connectivity index (χ1v) is 7.57. The Labute approximate surface area is 139 Å². The first kappa shape index (κ1) is 15.2. The molecule has 1 heterocycles. The van der Waals surface area contributed by atoms with Gasteiger partial charge in [-0.25, -0.2) is 9.97 Å². The van der Waals surface area contributed by atoms with Gasteiger partial charge in [-0.05, 0) is 53.8 Å². The number of aromatic nitrogens is 2. The van der Waals surface area contributed by atoms with Crippen LogP contribution in [0.5, 0.6) is 0 Å². The summed E-state index contributed by atoms with van der Waals surface area (Å²) >= 11 is 5.98. The molecule has 3 rings (SSSR count). The van der Waals surface area contributed by atoms with E-state index in [1.165, 1.54) is 6.08 Å². The van der Waals surface area contributed by atoms with Gasteiger partial charge in [0.2, 0.25) is 5.28 Å². The fourth-order valence-electron chi connectivity index (χ4n) is 2.89. The smallest absolute Gasteiger partial charge is 0.222 e. The molecule has 0 aliphatic heterocycles. The summed E-state index contributed by atoms with van der Waals surface area (Å²) in [6.45, 7) is 4.13. The second kappa shape index (κ2) is 6.20. The van der Waals surface area contributed by atoms with E-state index in [9.17, 15) is 0 Å². The summed E-state index contributed by atoms with van der Waals surface area (Å²) in [5, 5.41) is 9.88. The maximum Gasteiger partial charge on any atom is 0.222 e. The largest absolute Gasteiger partial charge is 0.226 e. The van der Waals surface area contributed by atoms with E-state index in [0.29, 0.717) is 0 Å². The molecule has 0 aliphatic rings. The maximum atomic E-state index is 8.68. The topological polar surface area (TPSA) is 49.6 Å². The molecule has 0 bridgehead atoms. The summed E-state index contributed by atoms with van der Waals surface area (Å²) < 4.78 is 0. The number of hydrogen-bond donors (Lipinski definition) is 0. The lowest BCUT2D eigenvalue weighted by Crippen LogP contribution is -1.93. The van der Waals surface area contributed by atoms with Gasteiger partial charge in [-0.2, -0.15) is 5.26 Å². The average Bonchev–Trinajstić information content (AvgIpc) is 2.52. The lowest BCUT2D eigenvalue weighted by Gasteiger charge is -2.13. The number of hydrogen-bond acceptors (Lipinski definition) is 3. The van der Waals surface area contributed by atoms with Gasteiger partial charge in [0.1, 0.15) is 0 Å². The number of halogens is 1. The fraction of sp³-hybridized carbons (Fsp3) is 0.105. The molecule has 112 valence electrons. The predicted octanol–water partition coefficient (Wildman–Crippen LogP) is 5.10. The number of aryl methyl sites for hydroxylation is 2. The second-order valence-corrected chi connectivity index (χ2v) is 5.71. The van der Waals surface area contributed by atoms with Gasteiger partial charge >= 0.3 is 0 Å². The minimum absolute atomic E-state index is 0.244. The van der Waals surface area contributed by atoms with E-state index in [1.807, 2.05) is 30.3 Å². The number of nitrogens with zero attached hydrogens (tertiary/aromatic N) is 3. The Kier molecular flexibility index (Phi) is 4.10. The van der Waals surface area contributed by atoms with E-state index in [4.69, 9.17) is 16.9 Å². The predicted molar refractivity (Wildman–Crippen MR) is 94.1 cm³/mol. The lowest BCUT2D eigenvalue weighted by molar-refractivity contribution is 1.22. The van der Waals surface area contributed by atoms with Crippen molar-refractivity contribution in [2.75, 3.05) is 0 Å². The molecule has 0 radical (unpaired) electrons. The quantitative estimate of drug-likeness (QED) is 0.487. The highest BCUT2D eigenvalue weighted by atomic mass is 35.5. The third kappa shape index (κ3) is 2.94. The highest BCUT2D eigenvalue weighted by Gasteiger charge is 2.12. The Morgan fingerprint density at radius 2 is 1.91 bits per heavy atom. The van der Waals surface area contributed by atoms with Crippen LogP contribution in [0.1, 0.15) is 16.7 Å². The summed E-state index contributed by atoms with van der Waals surface area (Å²) in [4.78, 5) is 8.45. The molecule has 0 saturated heterocycles. The maximum absolute atomic E-state index is 8.68. The number of para-hydroxylation sites is 1. The Morgan fingerprint density at radius 3 is 2.61 bits per heavy atom. The van der Waals surface area contributed by atoms with Crippen LogP contribution in [0.2, 0.25) is 5.28 Å². The molecule has 0 amide bonds. The third-order valence-electron chi connectivity index (χ3n) is 3.76. The van der Waals surface area contributed by atoms with Crippen molar-refractivity contribution in [2.45, 2.75) is 13.8 Å². The summed E-state index contributed by atoms with van der Waals surface area (Å²) in [6.07, 6.45) is 5.04. The van der Waals surface area contributed by atoms with Gasteiger partial charge in [0, 0.05) is 23.2 Å². The number of rotatable bonds is 2. The first-order chi connectivity index (χ1) is 11.1. The molecule has 0 aliphatic carbocycles. The highest BCUT2D eigenvalue weighted by Crippen LogP contribution is 2.33. The monoisotopic (exact) mass is 319 g/mol. The molecule has 23 heavy (non-hydrogen) atoms. The molecule has 0 spiro atoms. The van der Waals surface area contributed by atoms with Gasteiger partial charge in [-0.1, -0.05) is 30.3 Å². The van der Waals surface area contributed by atoms with Crippen LogP contribution in [-0.2, 0) is 0 Å². The molecule has 3 nitrogen and oxygen atoms in total. The standard InChI is InChI=1S/C19H14ClN3/c1-12-9-14(5-4-8-21)10-13(2)17(12)16-7-3-6-15-11-22-19(20)23-18(15)16/h3-7,9-11H,1-2H3. The van der Waals surface area contributed by atoms with Crippen molar-refractivity contribution in [3.63, 3.8) is 0 Å². The van der Waals surface area contributed by atoms with Crippen molar-refractivity contribution >= 4 is 28.6 Å².